The number of amides is 1. The van der Waals surface area contributed by atoms with Gasteiger partial charge in [-0.25, -0.2) is 18.5 Å². The predicted molar refractivity (Wildman–Crippen MR) is 148 cm³/mol. The molecule has 1 saturated carbocycles. The number of hydrogen-bond donors (Lipinski definition) is 0. The quantitative estimate of drug-likeness (QED) is 0.102. The predicted octanol–water partition coefficient (Wildman–Crippen LogP) is 6.07. The number of aryl methyl sites for hydroxylation is 1. The maximum absolute atomic E-state index is 14.3. The number of aromatic nitrogens is 4. The zero-order valence-electron chi connectivity index (χ0n) is 25.3. The summed E-state index contributed by atoms with van der Waals surface area (Å²) < 4.78 is 173. The molecule has 1 amide bonds. The molecule has 0 saturated heterocycles. The van der Waals surface area contributed by atoms with Crippen LogP contribution in [0.3, 0.4) is 0 Å². The summed E-state index contributed by atoms with van der Waals surface area (Å²) in [7, 11) is -7.02. The summed E-state index contributed by atoms with van der Waals surface area (Å²) in [5.41, 5.74) is -4.15. The van der Waals surface area contributed by atoms with E-state index in [2.05, 4.69) is 19.1 Å². The molecule has 278 valence electrons. The average Bonchev–Trinajstić information content (AvgIpc) is 3.50. The molecule has 0 aliphatic heterocycles. The van der Waals surface area contributed by atoms with Crippen LogP contribution in [0.4, 0.5) is 48.7 Å². The third-order valence-corrected chi connectivity index (χ3v) is 8.99. The molecule has 3 aromatic rings. The fourth-order valence-electron chi connectivity index (χ4n) is 4.48. The van der Waals surface area contributed by atoms with Crippen LogP contribution in [0.25, 0.3) is 16.9 Å². The first-order valence-corrected chi connectivity index (χ1v) is 15.4. The Bertz CT molecular complexity index is 1990. The minimum absolute atomic E-state index is 0.00871. The summed E-state index contributed by atoms with van der Waals surface area (Å²) in [6.07, 6.45) is -19.4. The van der Waals surface area contributed by atoms with E-state index in [0.29, 0.717) is 11.7 Å². The minimum Gasteiger partial charge on any atom is -0.435 e. The lowest BCUT2D eigenvalue weighted by Gasteiger charge is -2.28. The Labute approximate surface area is 283 Å². The summed E-state index contributed by atoms with van der Waals surface area (Å²) in [6.45, 7) is 0.680. The zero-order valence-corrected chi connectivity index (χ0v) is 26.9. The molecule has 1 aliphatic rings. The fourth-order valence-corrected chi connectivity index (χ4v) is 5.69. The number of nitriles is 1. The molecule has 2 aromatic heterocycles. The van der Waals surface area contributed by atoms with Crippen molar-refractivity contribution in [3.8, 4) is 28.9 Å². The van der Waals surface area contributed by atoms with Crippen molar-refractivity contribution in [1.82, 2.24) is 24.5 Å². The lowest BCUT2D eigenvalue weighted by molar-refractivity contribution is -0.307. The van der Waals surface area contributed by atoms with Crippen LogP contribution in [-0.4, -0.2) is 81.2 Å². The Kier molecular flexibility index (Phi) is 10.00. The van der Waals surface area contributed by atoms with Crippen molar-refractivity contribution >= 4 is 33.8 Å². The van der Waals surface area contributed by atoms with Crippen LogP contribution < -0.4 is 4.18 Å². The van der Waals surface area contributed by atoms with Gasteiger partial charge in [0.25, 0.3) is 11.8 Å². The summed E-state index contributed by atoms with van der Waals surface area (Å²) in [5, 5.41) is 8.93. The van der Waals surface area contributed by atoms with Crippen LogP contribution in [0.1, 0.15) is 35.7 Å². The maximum Gasteiger partial charge on any atom is 0.509 e. The Hall–Kier alpha value is -4.79. The second-order valence-electron chi connectivity index (χ2n) is 10.5. The highest BCUT2D eigenvalue weighted by Gasteiger charge is 2.82. The van der Waals surface area contributed by atoms with Gasteiger partial charge in [0.1, 0.15) is 5.54 Å². The third-order valence-electron chi connectivity index (χ3n) is 7.13. The molecule has 1 aliphatic carbocycles. The Morgan fingerprint density at radius 1 is 1.04 bits per heavy atom. The summed E-state index contributed by atoms with van der Waals surface area (Å²) >= 11 is 6.23. The molecule has 0 spiro atoms. The van der Waals surface area contributed by atoms with E-state index in [9.17, 15) is 67.2 Å². The number of ether oxygens (including phenoxy) is 2. The van der Waals surface area contributed by atoms with Gasteiger partial charge in [-0.1, -0.05) is 17.7 Å². The highest BCUT2D eigenvalue weighted by Crippen LogP contribution is 2.51. The van der Waals surface area contributed by atoms with Crippen LogP contribution >= 0.6 is 11.6 Å². The van der Waals surface area contributed by atoms with Gasteiger partial charge in [0.2, 0.25) is 0 Å². The lowest BCUT2D eigenvalue weighted by Crippen LogP contribution is -2.60. The SMILES string of the molecule is CCOC(=O)OCN(C(=O)c1cc(-c2cnn(-c3c(C(F)(F)F)c(OS(=O)(=O)C(F)(C(F)(F)F)C(F)(F)F)nn3C)c2)ccc1Cl)C1(C#N)CC1. The average molecular weight is 785 g/mol. The molecule has 13 nitrogen and oxygen atoms in total. The molecule has 2 heterocycles. The molecule has 4 rings (SSSR count). The van der Waals surface area contributed by atoms with Crippen molar-refractivity contribution in [3.05, 3.63) is 46.7 Å². The smallest absolute Gasteiger partial charge is 0.435 e. The molecule has 0 atom stereocenters. The standard InChI is InChI=1S/C26H19ClF10N6O7S/c1-3-48-21(45)49-12-42(22(11-38)6-7-22)20(44)15-8-13(4-5-16(15)27)14-9-39-43(10-14)19-17(23(28,29)30)18(40-41(19)2)50-51(46,47)24(31,25(32,33)34)26(35,36)37/h4-5,8-10H,3,6-7,12H2,1-2H3. The van der Waals surface area contributed by atoms with Crippen molar-refractivity contribution in [1.29, 1.82) is 5.26 Å². The Balaban J connectivity index is 1.75. The van der Waals surface area contributed by atoms with Gasteiger partial charge in [0.05, 0.1) is 29.5 Å². The Morgan fingerprint density at radius 2 is 1.65 bits per heavy atom. The maximum atomic E-state index is 14.3. The van der Waals surface area contributed by atoms with Gasteiger partial charge < -0.3 is 13.7 Å². The summed E-state index contributed by atoms with van der Waals surface area (Å²) in [5.74, 6) is -4.64. The van der Waals surface area contributed by atoms with Gasteiger partial charge in [-0.2, -0.15) is 58.3 Å². The zero-order chi connectivity index (χ0) is 38.5. The van der Waals surface area contributed by atoms with E-state index in [1.54, 1.807) is 0 Å². The highest BCUT2D eigenvalue weighted by molar-refractivity contribution is 7.88. The van der Waals surface area contributed by atoms with Gasteiger partial charge >= 0.3 is 39.8 Å². The molecular formula is C26H19ClF10N6O7S. The van der Waals surface area contributed by atoms with Crippen molar-refractivity contribution in [2.75, 3.05) is 13.3 Å². The van der Waals surface area contributed by atoms with Crippen molar-refractivity contribution in [2.24, 2.45) is 7.05 Å². The van der Waals surface area contributed by atoms with Crippen LogP contribution in [0, 0.1) is 11.3 Å². The van der Waals surface area contributed by atoms with Crippen molar-refractivity contribution in [2.45, 2.75) is 48.8 Å². The molecule has 1 aromatic carbocycles. The molecular weight excluding hydrogens is 766 g/mol. The first kappa shape index (κ1) is 39.0. The largest absolute Gasteiger partial charge is 0.509 e. The number of carbonyl (C=O) groups is 2. The van der Waals surface area contributed by atoms with E-state index in [4.69, 9.17) is 16.3 Å². The summed E-state index contributed by atoms with van der Waals surface area (Å²) in [4.78, 5) is 26.2. The van der Waals surface area contributed by atoms with Crippen molar-refractivity contribution in [3.63, 3.8) is 0 Å². The number of alkyl halides is 10. The van der Waals surface area contributed by atoms with Crippen molar-refractivity contribution < 1.29 is 75.6 Å². The number of benzene rings is 1. The van der Waals surface area contributed by atoms with Gasteiger partial charge in [-0.05, 0) is 37.5 Å². The topological polar surface area (TPSA) is 159 Å². The molecule has 0 bridgehead atoms. The monoisotopic (exact) mass is 784 g/mol. The lowest BCUT2D eigenvalue weighted by atomic mass is 10.0. The van der Waals surface area contributed by atoms with E-state index in [1.165, 1.54) is 19.1 Å². The fraction of sp³-hybridized carbons (Fsp3) is 0.423. The van der Waals surface area contributed by atoms with E-state index in [0.717, 1.165) is 23.4 Å². The molecule has 0 unspecified atom stereocenters. The van der Waals surface area contributed by atoms with Crippen LogP contribution in [0.2, 0.25) is 5.02 Å². The van der Waals surface area contributed by atoms with Crippen LogP contribution in [0.5, 0.6) is 5.88 Å². The molecule has 25 heteroatoms. The second kappa shape index (κ2) is 13.1. The number of carbonyl (C=O) groups excluding carboxylic acids is 2. The first-order chi connectivity index (χ1) is 23.3. The Morgan fingerprint density at radius 3 is 2.16 bits per heavy atom. The normalized spacial score (nSPS) is 14.8. The molecule has 0 radical (unpaired) electrons. The number of rotatable bonds is 10. The first-order valence-electron chi connectivity index (χ1n) is 13.6. The number of hydrogen-bond acceptors (Lipinski definition) is 10. The second-order valence-corrected chi connectivity index (χ2v) is 12.5. The summed E-state index contributed by atoms with van der Waals surface area (Å²) in [6, 6.07) is 5.48. The highest BCUT2D eigenvalue weighted by atomic mass is 35.5. The van der Waals surface area contributed by atoms with Crippen LogP contribution in [0.15, 0.2) is 30.6 Å². The van der Waals surface area contributed by atoms with E-state index < -0.39 is 75.2 Å². The van der Waals surface area contributed by atoms with E-state index in [-0.39, 0.29) is 45.8 Å². The number of halogens is 11. The van der Waals surface area contributed by atoms with Gasteiger partial charge in [0.15, 0.2) is 18.1 Å². The molecule has 1 fully saturated rings. The molecule has 51 heavy (non-hydrogen) atoms. The van der Waals surface area contributed by atoms with Crippen LogP contribution in [-0.2, 0) is 32.8 Å². The van der Waals surface area contributed by atoms with Gasteiger partial charge in [0, 0.05) is 18.8 Å². The van der Waals surface area contributed by atoms with Gasteiger partial charge in [-0.3, -0.25) is 9.69 Å². The third kappa shape index (κ3) is 7.08. The minimum atomic E-state index is -7.67. The number of nitrogens with zero attached hydrogens (tertiary/aromatic N) is 6. The van der Waals surface area contributed by atoms with Gasteiger partial charge in [-0.15, -0.1) is 5.10 Å². The van der Waals surface area contributed by atoms with E-state index >= 15 is 0 Å². The molecule has 0 N–H and O–H groups in total. The van der Waals surface area contributed by atoms with E-state index in [1.807, 2.05) is 6.07 Å².